The average molecular weight is 339 g/mol. The van der Waals surface area contributed by atoms with Crippen molar-refractivity contribution in [3.8, 4) is 11.8 Å². The normalized spacial score (nSPS) is 10.7. The van der Waals surface area contributed by atoms with Crippen LogP contribution >= 0.6 is 0 Å². The van der Waals surface area contributed by atoms with E-state index in [0.29, 0.717) is 24.1 Å². The Morgan fingerprint density at radius 1 is 1.32 bits per heavy atom. The van der Waals surface area contributed by atoms with Crippen molar-refractivity contribution in [2.45, 2.75) is 20.5 Å². The number of para-hydroxylation sites is 1. The van der Waals surface area contributed by atoms with Crippen LogP contribution in [-0.2, 0) is 18.4 Å². The molecule has 0 radical (unpaired) electrons. The number of benzene rings is 1. The van der Waals surface area contributed by atoms with Crippen molar-refractivity contribution in [3.05, 3.63) is 47.7 Å². The Morgan fingerprint density at radius 3 is 2.84 bits per heavy atom. The van der Waals surface area contributed by atoms with Gasteiger partial charge >= 0.3 is 0 Å². The maximum Gasteiger partial charge on any atom is 0.221 e. The summed E-state index contributed by atoms with van der Waals surface area (Å²) in [6, 6.07) is 9.69. The third-order valence-electron chi connectivity index (χ3n) is 4.05. The van der Waals surface area contributed by atoms with Crippen LogP contribution in [0.1, 0.15) is 18.1 Å². The largest absolute Gasteiger partial charge is 0.481 e. The minimum Gasteiger partial charge on any atom is -0.481 e. The number of rotatable bonds is 5. The highest BCUT2D eigenvalue weighted by Crippen LogP contribution is 2.38. The number of nitrogens with one attached hydrogen (secondary N) is 1. The minimum atomic E-state index is -0.135. The van der Waals surface area contributed by atoms with Gasteiger partial charge in [-0.1, -0.05) is 18.2 Å². The number of carbonyl (C=O) groups is 1. The standard InChI is InChI=1S/C19H21N3O3/c1-12-6-5-7-15-17(21-13(2)23)19(22(3)18(12)15)25-11-14-8-9-20-16(10-14)24-4/h5-10H,11H2,1-4H3,(H,21,23). The number of hydrogen-bond donors (Lipinski definition) is 1. The summed E-state index contributed by atoms with van der Waals surface area (Å²) in [5.41, 5.74) is 3.78. The Bertz CT molecular complexity index is 931. The molecule has 0 unspecified atom stereocenters. The maximum atomic E-state index is 11.7. The molecule has 0 spiro atoms. The van der Waals surface area contributed by atoms with E-state index in [-0.39, 0.29) is 5.91 Å². The second kappa shape index (κ2) is 6.84. The fourth-order valence-corrected chi connectivity index (χ4v) is 2.96. The number of ether oxygens (including phenoxy) is 2. The summed E-state index contributed by atoms with van der Waals surface area (Å²) in [4.78, 5) is 15.8. The third kappa shape index (κ3) is 3.28. The van der Waals surface area contributed by atoms with Crippen LogP contribution in [0.5, 0.6) is 11.8 Å². The van der Waals surface area contributed by atoms with Gasteiger partial charge in [0.05, 0.1) is 12.6 Å². The van der Waals surface area contributed by atoms with Gasteiger partial charge in [0.15, 0.2) is 0 Å². The quantitative estimate of drug-likeness (QED) is 0.773. The highest BCUT2D eigenvalue weighted by atomic mass is 16.5. The summed E-state index contributed by atoms with van der Waals surface area (Å²) in [6.45, 7) is 3.87. The average Bonchev–Trinajstić information content (AvgIpc) is 2.86. The number of hydrogen-bond acceptors (Lipinski definition) is 4. The number of aromatic nitrogens is 2. The van der Waals surface area contributed by atoms with Crippen LogP contribution < -0.4 is 14.8 Å². The van der Waals surface area contributed by atoms with Gasteiger partial charge in [0.1, 0.15) is 12.3 Å². The molecule has 0 fully saturated rings. The van der Waals surface area contributed by atoms with Crippen LogP contribution in [0, 0.1) is 6.92 Å². The summed E-state index contributed by atoms with van der Waals surface area (Å²) in [5.74, 6) is 1.02. The lowest BCUT2D eigenvalue weighted by Gasteiger charge is -2.11. The number of fused-ring (bicyclic) bond motifs is 1. The van der Waals surface area contributed by atoms with Crippen LogP contribution in [0.3, 0.4) is 0 Å². The molecule has 1 amide bonds. The number of aryl methyl sites for hydroxylation is 2. The third-order valence-corrected chi connectivity index (χ3v) is 4.05. The van der Waals surface area contributed by atoms with Gasteiger partial charge in [0.2, 0.25) is 17.7 Å². The highest BCUT2D eigenvalue weighted by molar-refractivity contribution is 6.05. The molecular weight excluding hydrogens is 318 g/mol. The van der Waals surface area contributed by atoms with Gasteiger partial charge in [0, 0.05) is 31.6 Å². The Hall–Kier alpha value is -3.02. The second-order valence-corrected chi connectivity index (χ2v) is 5.89. The summed E-state index contributed by atoms with van der Waals surface area (Å²) in [5, 5.41) is 3.86. The zero-order valence-corrected chi connectivity index (χ0v) is 14.8. The van der Waals surface area contributed by atoms with Crippen LogP contribution in [-0.4, -0.2) is 22.6 Å². The Kier molecular flexibility index (Phi) is 4.61. The fourth-order valence-electron chi connectivity index (χ4n) is 2.96. The molecule has 0 saturated heterocycles. The van der Waals surface area contributed by atoms with Crippen LogP contribution in [0.2, 0.25) is 0 Å². The first kappa shape index (κ1) is 16.8. The van der Waals surface area contributed by atoms with Crippen molar-refractivity contribution in [2.24, 2.45) is 7.05 Å². The molecule has 2 aromatic heterocycles. The van der Waals surface area contributed by atoms with Crippen molar-refractivity contribution < 1.29 is 14.3 Å². The van der Waals surface area contributed by atoms with Gasteiger partial charge in [0.25, 0.3) is 0 Å². The van der Waals surface area contributed by atoms with Crippen molar-refractivity contribution in [2.75, 3.05) is 12.4 Å². The smallest absolute Gasteiger partial charge is 0.221 e. The summed E-state index contributed by atoms with van der Waals surface area (Å²) in [6.07, 6.45) is 1.68. The summed E-state index contributed by atoms with van der Waals surface area (Å²) >= 11 is 0. The molecule has 0 aliphatic rings. The van der Waals surface area contributed by atoms with Gasteiger partial charge in [-0.3, -0.25) is 4.79 Å². The number of amides is 1. The summed E-state index contributed by atoms with van der Waals surface area (Å²) < 4.78 is 13.2. The van der Waals surface area contributed by atoms with Crippen molar-refractivity contribution in [1.29, 1.82) is 0 Å². The molecule has 1 aromatic carbocycles. The van der Waals surface area contributed by atoms with Crippen LogP contribution in [0.25, 0.3) is 10.9 Å². The minimum absolute atomic E-state index is 0.135. The molecule has 0 atom stereocenters. The van der Waals surface area contributed by atoms with E-state index in [9.17, 15) is 4.79 Å². The molecule has 3 aromatic rings. The van der Waals surface area contributed by atoms with E-state index in [0.717, 1.165) is 22.0 Å². The van der Waals surface area contributed by atoms with E-state index in [1.807, 2.05) is 48.9 Å². The lowest BCUT2D eigenvalue weighted by Crippen LogP contribution is -2.08. The topological polar surface area (TPSA) is 65.4 Å². The monoisotopic (exact) mass is 339 g/mol. The number of pyridine rings is 1. The second-order valence-electron chi connectivity index (χ2n) is 5.89. The first-order valence-electron chi connectivity index (χ1n) is 7.98. The number of carbonyl (C=O) groups excluding carboxylic acids is 1. The van der Waals surface area contributed by atoms with Crippen molar-refractivity contribution >= 4 is 22.5 Å². The molecule has 0 bridgehead atoms. The molecule has 6 heteroatoms. The van der Waals surface area contributed by atoms with E-state index >= 15 is 0 Å². The molecular formula is C19H21N3O3. The lowest BCUT2D eigenvalue weighted by molar-refractivity contribution is -0.114. The Balaban J connectivity index is 2.00. The Morgan fingerprint density at radius 2 is 2.12 bits per heavy atom. The molecule has 25 heavy (non-hydrogen) atoms. The van der Waals surface area contributed by atoms with Gasteiger partial charge in [-0.2, -0.15) is 0 Å². The van der Waals surface area contributed by atoms with E-state index in [2.05, 4.69) is 10.3 Å². The SMILES string of the molecule is COc1cc(COc2c(NC(C)=O)c3cccc(C)c3n2C)ccn1. The zero-order chi connectivity index (χ0) is 18.0. The van der Waals surface area contributed by atoms with E-state index < -0.39 is 0 Å². The van der Waals surface area contributed by atoms with Gasteiger partial charge in [-0.05, 0) is 24.1 Å². The van der Waals surface area contributed by atoms with Gasteiger partial charge in [-0.25, -0.2) is 4.98 Å². The zero-order valence-electron chi connectivity index (χ0n) is 14.8. The van der Waals surface area contributed by atoms with Crippen molar-refractivity contribution in [3.63, 3.8) is 0 Å². The van der Waals surface area contributed by atoms with E-state index in [1.165, 1.54) is 6.92 Å². The molecule has 0 aliphatic carbocycles. The molecule has 1 N–H and O–H groups in total. The number of nitrogens with zero attached hydrogens (tertiary/aromatic N) is 2. The molecule has 0 aliphatic heterocycles. The first-order chi connectivity index (χ1) is 12.0. The van der Waals surface area contributed by atoms with E-state index in [4.69, 9.17) is 9.47 Å². The molecule has 3 rings (SSSR count). The molecule has 130 valence electrons. The highest BCUT2D eigenvalue weighted by Gasteiger charge is 2.19. The van der Waals surface area contributed by atoms with Crippen molar-refractivity contribution in [1.82, 2.24) is 9.55 Å². The molecule has 6 nitrogen and oxygen atoms in total. The van der Waals surface area contributed by atoms with Gasteiger partial charge < -0.3 is 19.4 Å². The first-order valence-corrected chi connectivity index (χ1v) is 7.98. The fraction of sp³-hybridized carbons (Fsp3) is 0.263. The van der Waals surface area contributed by atoms with Crippen LogP contribution in [0.4, 0.5) is 5.69 Å². The lowest BCUT2D eigenvalue weighted by atomic mass is 10.1. The van der Waals surface area contributed by atoms with Gasteiger partial charge in [-0.15, -0.1) is 0 Å². The number of anilines is 1. The van der Waals surface area contributed by atoms with E-state index in [1.54, 1.807) is 13.3 Å². The Labute approximate surface area is 146 Å². The predicted molar refractivity (Wildman–Crippen MR) is 97.1 cm³/mol. The summed E-state index contributed by atoms with van der Waals surface area (Å²) in [7, 11) is 3.51. The predicted octanol–water partition coefficient (Wildman–Crippen LogP) is 3.43. The molecule has 0 saturated carbocycles. The maximum absolute atomic E-state index is 11.7. The molecule has 2 heterocycles. The van der Waals surface area contributed by atoms with Crippen LogP contribution in [0.15, 0.2) is 36.5 Å². The number of methoxy groups -OCH3 is 1.